The Labute approximate surface area is 140 Å². The largest absolute Gasteiger partial charge is 0.458 e. The first-order chi connectivity index (χ1) is 11.0. The minimum atomic E-state index is -0.728. The van der Waals surface area contributed by atoms with Gasteiger partial charge in [0.05, 0.1) is 4.92 Å². The van der Waals surface area contributed by atoms with E-state index in [1.165, 1.54) is 30.1 Å². The Kier molecular flexibility index (Phi) is 5.89. The van der Waals surface area contributed by atoms with Crippen LogP contribution in [-0.2, 0) is 9.53 Å². The van der Waals surface area contributed by atoms with Crippen LogP contribution in [-0.4, -0.2) is 42.5 Å². The van der Waals surface area contributed by atoms with Gasteiger partial charge in [-0.05, 0) is 39.8 Å². The summed E-state index contributed by atoms with van der Waals surface area (Å²) < 4.78 is 5.31. The number of likely N-dealkylation sites (N-methyl/N-ethyl adjacent to an activating group) is 1. The lowest BCUT2D eigenvalue weighted by atomic mass is 10.1. The van der Waals surface area contributed by atoms with Gasteiger partial charge in [0.1, 0.15) is 17.3 Å². The number of hydrogen-bond acceptors (Lipinski definition) is 6. The van der Waals surface area contributed by atoms with Crippen LogP contribution in [0.25, 0.3) is 0 Å². The van der Waals surface area contributed by atoms with Gasteiger partial charge in [-0.15, -0.1) is 0 Å². The first-order valence-corrected chi connectivity index (χ1v) is 7.44. The Bertz CT molecular complexity index is 652. The van der Waals surface area contributed by atoms with Crippen LogP contribution in [0.2, 0.25) is 0 Å². The summed E-state index contributed by atoms with van der Waals surface area (Å²) in [6.07, 6.45) is 0. The van der Waals surface area contributed by atoms with Crippen molar-refractivity contribution in [3.05, 3.63) is 33.9 Å². The van der Waals surface area contributed by atoms with E-state index < -0.39 is 28.4 Å². The highest BCUT2D eigenvalue weighted by molar-refractivity contribution is 5.95. The van der Waals surface area contributed by atoms with E-state index in [2.05, 4.69) is 5.32 Å². The van der Waals surface area contributed by atoms with Crippen LogP contribution in [0.3, 0.4) is 0 Å². The predicted octanol–water partition coefficient (Wildman–Crippen LogP) is 2.12. The van der Waals surface area contributed by atoms with Crippen molar-refractivity contribution in [2.24, 2.45) is 0 Å². The smallest absolute Gasteiger partial charge is 0.328 e. The number of nitrogens with one attached hydrogen (secondary N) is 1. The summed E-state index contributed by atoms with van der Waals surface area (Å²) in [6.45, 7) is 6.85. The van der Waals surface area contributed by atoms with Crippen molar-refractivity contribution in [3.63, 3.8) is 0 Å². The van der Waals surface area contributed by atoms with Crippen molar-refractivity contribution in [1.29, 1.82) is 0 Å². The van der Waals surface area contributed by atoms with Crippen LogP contribution in [0, 0.1) is 10.1 Å². The molecule has 1 rings (SSSR count). The number of carbonyl (C=O) groups excluding carboxylic acids is 2. The van der Waals surface area contributed by atoms with Crippen molar-refractivity contribution in [1.82, 2.24) is 5.32 Å². The molecule has 1 N–H and O–H groups in total. The molecule has 0 saturated carbocycles. The number of carbonyl (C=O) groups is 2. The zero-order valence-corrected chi connectivity index (χ0v) is 14.7. The fourth-order valence-electron chi connectivity index (χ4n) is 2.01. The van der Waals surface area contributed by atoms with Gasteiger partial charge in [0.25, 0.3) is 11.6 Å². The van der Waals surface area contributed by atoms with E-state index >= 15 is 0 Å². The van der Waals surface area contributed by atoms with Gasteiger partial charge in [-0.1, -0.05) is 0 Å². The Hall–Kier alpha value is -2.64. The number of rotatable bonds is 5. The summed E-state index contributed by atoms with van der Waals surface area (Å²) >= 11 is 0. The van der Waals surface area contributed by atoms with Gasteiger partial charge < -0.3 is 15.0 Å². The van der Waals surface area contributed by atoms with Crippen LogP contribution in [0.4, 0.5) is 11.4 Å². The van der Waals surface area contributed by atoms with E-state index in [9.17, 15) is 19.7 Å². The van der Waals surface area contributed by atoms with E-state index in [0.29, 0.717) is 0 Å². The molecule has 0 heterocycles. The standard InChI is InChI=1S/C16H23N3O5/c1-10(15(21)24-16(2,3)4)18(6)12-8-7-11(14(20)17-5)9-13(12)19(22)23/h7-10H,1-6H3,(H,17,20). The number of nitro benzene ring substituents is 1. The highest BCUT2D eigenvalue weighted by Crippen LogP contribution is 2.30. The molecule has 0 aliphatic heterocycles. The molecule has 0 aliphatic carbocycles. The molecule has 0 spiro atoms. The fourth-order valence-corrected chi connectivity index (χ4v) is 2.01. The molecule has 0 fully saturated rings. The number of anilines is 1. The molecule has 1 unspecified atom stereocenters. The van der Waals surface area contributed by atoms with Crippen LogP contribution in [0.5, 0.6) is 0 Å². The molecule has 8 nitrogen and oxygen atoms in total. The summed E-state index contributed by atoms with van der Waals surface area (Å²) in [4.78, 5) is 36.0. The maximum atomic E-state index is 12.2. The number of nitrogens with zero attached hydrogens (tertiary/aromatic N) is 2. The van der Waals surface area contributed by atoms with Gasteiger partial charge >= 0.3 is 5.97 Å². The molecular formula is C16H23N3O5. The van der Waals surface area contributed by atoms with Crippen molar-refractivity contribution in [2.45, 2.75) is 39.3 Å². The first kappa shape index (κ1) is 19.4. The second kappa shape index (κ2) is 7.29. The molecular weight excluding hydrogens is 314 g/mol. The second-order valence-corrected chi connectivity index (χ2v) is 6.36. The monoisotopic (exact) mass is 337 g/mol. The molecule has 0 aromatic heterocycles. The quantitative estimate of drug-likeness (QED) is 0.502. The van der Waals surface area contributed by atoms with Crippen LogP contribution < -0.4 is 10.2 Å². The average molecular weight is 337 g/mol. The number of amides is 1. The van der Waals surface area contributed by atoms with Crippen LogP contribution >= 0.6 is 0 Å². The lowest BCUT2D eigenvalue weighted by Crippen LogP contribution is -2.40. The molecule has 1 atom stereocenters. The number of benzene rings is 1. The van der Waals surface area contributed by atoms with E-state index in [1.807, 2.05) is 0 Å². The number of esters is 1. The summed E-state index contributed by atoms with van der Waals surface area (Å²) in [6, 6.07) is 3.38. The first-order valence-electron chi connectivity index (χ1n) is 7.44. The Morgan fingerprint density at radius 1 is 1.33 bits per heavy atom. The van der Waals surface area contributed by atoms with E-state index in [-0.39, 0.29) is 16.9 Å². The summed E-state index contributed by atoms with van der Waals surface area (Å²) in [5, 5.41) is 13.8. The predicted molar refractivity (Wildman–Crippen MR) is 90.2 cm³/mol. The summed E-state index contributed by atoms with van der Waals surface area (Å²) in [5.74, 6) is -0.915. The Morgan fingerprint density at radius 3 is 2.38 bits per heavy atom. The van der Waals surface area contributed by atoms with E-state index in [0.717, 1.165) is 0 Å². The molecule has 0 radical (unpaired) electrons. The van der Waals surface area contributed by atoms with E-state index in [1.54, 1.807) is 34.7 Å². The van der Waals surface area contributed by atoms with Gasteiger partial charge in [0.2, 0.25) is 0 Å². The third-order valence-electron chi connectivity index (χ3n) is 3.37. The number of ether oxygens (including phenoxy) is 1. The zero-order chi connectivity index (χ0) is 18.7. The fraction of sp³-hybridized carbons (Fsp3) is 0.500. The molecule has 24 heavy (non-hydrogen) atoms. The summed E-state index contributed by atoms with van der Waals surface area (Å²) in [5.41, 5.74) is -0.507. The second-order valence-electron chi connectivity index (χ2n) is 6.36. The Balaban J connectivity index is 3.18. The van der Waals surface area contributed by atoms with Gasteiger partial charge in [-0.3, -0.25) is 14.9 Å². The van der Waals surface area contributed by atoms with Gasteiger partial charge in [0, 0.05) is 25.7 Å². The lowest BCUT2D eigenvalue weighted by Gasteiger charge is -2.28. The van der Waals surface area contributed by atoms with Crippen molar-refractivity contribution in [2.75, 3.05) is 19.0 Å². The van der Waals surface area contributed by atoms with Gasteiger partial charge in [0.15, 0.2) is 0 Å². The average Bonchev–Trinajstić information content (AvgIpc) is 2.50. The molecule has 8 heteroatoms. The topological polar surface area (TPSA) is 102 Å². The van der Waals surface area contributed by atoms with Crippen molar-refractivity contribution >= 4 is 23.3 Å². The number of hydrogen-bond donors (Lipinski definition) is 1. The highest BCUT2D eigenvalue weighted by atomic mass is 16.6. The highest BCUT2D eigenvalue weighted by Gasteiger charge is 2.29. The third kappa shape index (κ3) is 4.68. The minimum absolute atomic E-state index is 0.172. The molecule has 0 saturated heterocycles. The van der Waals surface area contributed by atoms with E-state index in [4.69, 9.17) is 4.74 Å². The SMILES string of the molecule is CNC(=O)c1ccc(N(C)C(C)C(=O)OC(C)(C)C)c([N+](=O)[O-])c1. The van der Waals surface area contributed by atoms with Crippen LogP contribution in [0.15, 0.2) is 18.2 Å². The lowest BCUT2D eigenvalue weighted by molar-refractivity contribution is -0.384. The molecule has 0 aliphatic rings. The van der Waals surface area contributed by atoms with Crippen LogP contribution in [0.1, 0.15) is 38.1 Å². The molecule has 0 bridgehead atoms. The molecule has 132 valence electrons. The van der Waals surface area contributed by atoms with Crippen molar-refractivity contribution < 1.29 is 19.2 Å². The number of nitro groups is 1. The van der Waals surface area contributed by atoms with Gasteiger partial charge in [-0.2, -0.15) is 0 Å². The molecule has 1 aromatic carbocycles. The zero-order valence-electron chi connectivity index (χ0n) is 14.7. The third-order valence-corrected chi connectivity index (χ3v) is 3.37. The minimum Gasteiger partial charge on any atom is -0.458 e. The van der Waals surface area contributed by atoms with Gasteiger partial charge in [-0.25, -0.2) is 4.79 Å². The maximum Gasteiger partial charge on any atom is 0.328 e. The molecule has 1 aromatic rings. The molecule has 1 amide bonds. The maximum absolute atomic E-state index is 12.2. The Morgan fingerprint density at radius 2 is 1.92 bits per heavy atom. The normalized spacial score (nSPS) is 12.2. The van der Waals surface area contributed by atoms with Crippen molar-refractivity contribution in [3.8, 4) is 0 Å². The summed E-state index contributed by atoms with van der Waals surface area (Å²) in [7, 11) is 3.01.